The Morgan fingerprint density at radius 3 is 2.60 bits per heavy atom. The van der Waals surface area contributed by atoms with Gasteiger partial charge in [0.2, 0.25) is 0 Å². The first-order chi connectivity index (χ1) is 16.7. The summed E-state index contributed by atoms with van der Waals surface area (Å²) in [5.41, 5.74) is 2.42. The van der Waals surface area contributed by atoms with Gasteiger partial charge < -0.3 is 4.74 Å². The lowest BCUT2D eigenvalue weighted by atomic mass is 9.49. The van der Waals surface area contributed by atoms with Crippen LogP contribution in [-0.2, 0) is 23.8 Å². The summed E-state index contributed by atoms with van der Waals surface area (Å²) in [6.07, 6.45) is 11.4. The van der Waals surface area contributed by atoms with E-state index < -0.39 is 10.1 Å². The zero-order chi connectivity index (χ0) is 24.4. The van der Waals surface area contributed by atoms with Gasteiger partial charge in [-0.25, -0.2) is 0 Å². The second-order valence-corrected chi connectivity index (χ2v) is 13.7. The standard InChI is InChI=1S/C29H38O5S/c1-19-4-7-22(8-5-19)35(31,32)34-18-20-16-26-24(23-9-6-21(30)17-25(20)23)10-13-28(2)27(26)11-14-29(28)12-3-15-33-29/h4-5,7-8,17,20,23-24,26-27H,3,6,9-16,18H2,1-2H3/t20-,23+,24?,26?,27?,28-,29-/m0/s1. The topological polar surface area (TPSA) is 69.7 Å². The Labute approximate surface area is 209 Å². The van der Waals surface area contributed by atoms with Gasteiger partial charge in [0.15, 0.2) is 5.78 Å². The number of fused-ring (bicyclic) bond motifs is 6. The molecular formula is C29H38O5S. The average Bonchev–Trinajstić information content (AvgIpc) is 3.43. The Hall–Kier alpha value is -1.50. The average molecular weight is 499 g/mol. The highest BCUT2D eigenvalue weighted by molar-refractivity contribution is 7.86. The van der Waals surface area contributed by atoms with Gasteiger partial charge in [0, 0.05) is 18.9 Å². The molecule has 5 aliphatic rings. The molecule has 35 heavy (non-hydrogen) atoms. The normalized spacial score (nSPS) is 40.8. The summed E-state index contributed by atoms with van der Waals surface area (Å²) in [6, 6.07) is 6.81. The molecule has 1 spiro atoms. The zero-order valence-electron chi connectivity index (χ0n) is 21.0. The molecule has 0 N–H and O–H groups in total. The molecule has 3 unspecified atom stereocenters. The van der Waals surface area contributed by atoms with Crippen molar-refractivity contribution in [1.29, 1.82) is 0 Å². The molecule has 6 rings (SSSR count). The van der Waals surface area contributed by atoms with Crippen molar-refractivity contribution < 1.29 is 22.1 Å². The molecule has 0 amide bonds. The van der Waals surface area contributed by atoms with Crippen molar-refractivity contribution in [2.75, 3.05) is 13.2 Å². The third kappa shape index (κ3) is 3.77. The first kappa shape index (κ1) is 23.9. The minimum atomic E-state index is -3.84. The van der Waals surface area contributed by atoms with Gasteiger partial charge in [0.25, 0.3) is 10.1 Å². The lowest BCUT2D eigenvalue weighted by Crippen LogP contribution is -2.53. The first-order valence-electron chi connectivity index (χ1n) is 13.6. The third-order valence-corrected chi connectivity index (χ3v) is 11.9. The van der Waals surface area contributed by atoms with Crippen LogP contribution in [0, 0.1) is 41.9 Å². The molecule has 5 nitrogen and oxygen atoms in total. The number of ether oxygens (including phenoxy) is 1. The summed E-state index contributed by atoms with van der Waals surface area (Å²) in [4.78, 5) is 12.6. The number of rotatable bonds is 4. The fraction of sp³-hybridized carbons (Fsp3) is 0.690. The predicted octanol–water partition coefficient (Wildman–Crippen LogP) is 5.62. The summed E-state index contributed by atoms with van der Waals surface area (Å²) in [5, 5.41) is 0. The van der Waals surface area contributed by atoms with Crippen molar-refractivity contribution in [3.05, 3.63) is 41.5 Å². The van der Waals surface area contributed by atoms with Crippen molar-refractivity contribution in [3.63, 3.8) is 0 Å². The van der Waals surface area contributed by atoms with Gasteiger partial charge in [-0.3, -0.25) is 8.98 Å². The van der Waals surface area contributed by atoms with E-state index in [-0.39, 0.29) is 34.2 Å². The molecular weight excluding hydrogens is 460 g/mol. The second-order valence-electron chi connectivity index (χ2n) is 12.1. The molecule has 6 heteroatoms. The largest absolute Gasteiger partial charge is 0.374 e. The summed E-state index contributed by atoms with van der Waals surface area (Å²) >= 11 is 0. The lowest BCUT2D eigenvalue weighted by Gasteiger charge is -2.57. The Kier molecular flexibility index (Phi) is 5.82. The van der Waals surface area contributed by atoms with Crippen LogP contribution in [0.4, 0.5) is 0 Å². The molecule has 0 radical (unpaired) electrons. The van der Waals surface area contributed by atoms with E-state index in [9.17, 15) is 13.2 Å². The Morgan fingerprint density at radius 2 is 1.86 bits per heavy atom. The zero-order valence-corrected chi connectivity index (χ0v) is 21.8. The van der Waals surface area contributed by atoms with E-state index in [0.717, 1.165) is 37.0 Å². The van der Waals surface area contributed by atoms with Gasteiger partial charge >= 0.3 is 0 Å². The van der Waals surface area contributed by atoms with Crippen molar-refractivity contribution in [1.82, 2.24) is 0 Å². The number of ketones is 1. The van der Waals surface area contributed by atoms with E-state index in [1.165, 1.54) is 32.1 Å². The summed E-state index contributed by atoms with van der Waals surface area (Å²) < 4.78 is 38.1. The quantitative estimate of drug-likeness (QED) is 0.504. The van der Waals surface area contributed by atoms with Crippen molar-refractivity contribution in [2.45, 2.75) is 82.1 Å². The predicted molar refractivity (Wildman–Crippen MR) is 133 cm³/mol. The van der Waals surface area contributed by atoms with Gasteiger partial charge in [0.05, 0.1) is 17.1 Å². The number of benzene rings is 1. The minimum absolute atomic E-state index is 0.0193. The highest BCUT2D eigenvalue weighted by Gasteiger charge is 2.64. The van der Waals surface area contributed by atoms with Crippen LogP contribution < -0.4 is 0 Å². The number of carbonyl (C=O) groups excluding carboxylic acids is 1. The second kappa shape index (κ2) is 8.53. The Bertz CT molecular complexity index is 1130. The SMILES string of the molecule is Cc1ccc(S(=O)(=O)OC[C@@H]2CC3C(CC[C@@]4(C)C3CC[C@@]43CCCO3)[C@H]3CCC(=O)C=C23)cc1. The van der Waals surface area contributed by atoms with Gasteiger partial charge in [0.1, 0.15) is 0 Å². The van der Waals surface area contributed by atoms with E-state index in [4.69, 9.17) is 8.92 Å². The van der Waals surface area contributed by atoms with Crippen LogP contribution >= 0.6 is 0 Å². The van der Waals surface area contributed by atoms with E-state index in [1.54, 1.807) is 24.3 Å². The van der Waals surface area contributed by atoms with Gasteiger partial charge in [-0.15, -0.1) is 0 Å². The smallest absolute Gasteiger partial charge is 0.296 e. The van der Waals surface area contributed by atoms with E-state index in [2.05, 4.69) is 6.92 Å². The van der Waals surface area contributed by atoms with Crippen molar-refractivity contribution >= 4 is 15.9 Å². The number of hydrogen-bond acceptors (Lipinski definition) is 5. The molecule has 4 fully saturated rings. The Morgan fingerprint density at radius 1 is 1.06 bits per heavy atom. The molecule has 1 aromatic carbocycles. The van der Waals surface area contributed by atoms with E-state index in [0.29, 0.717) is 30.1 Å². The van der Waals surface area contributed by atoms with Crippen molar-refractivity contribution in [3.8, 4) is 0 Å². The number of hydrogen-bond donors (Lipinski definition) is 0. The maximum atomic E-state index is 13.0. The fourth-order valence-electron chi connectivity index (χ4n) is 8.88. The third-order valence-electron chi connectivity index (χ3n) is 10.6. The maximum absolute atomic E-state index is 13.0. The summed E-state index contributed by atoms with van der Waals surface area (Å²) in [5.74, 6) is 2.29. The molecule has 0 aromatic heterocycles. The minimum Gasteiger partial charge on any atom is -0.374 e. The van der Waals surface area contributed by atoms with Gasteiger partial charge in [-0.2, -0.15) is 8.42 Å². The molecule has 4 aliphatic carbocycles. The maximum Gasteiger partial charge on any atom is 0.296 e. The van der Waals surface area contributed by atoms with Crippen LogP contribution in [0.15, 0.2) is 40.8 Å². The highest BCUT2D eigenvalue weighted by Crippen LogP contribution is 2.68. The van der Waals surface area contributed by atoms with Gasteiger partial charge in [-0.1, -0.05) is 30.2 Å². The monoisotopic (exact) mass is 498 g/mol. The molecule has 3 saturated carbocycles. The Balaban J connectivity index is 1.28. The molecule has 1 saturated heterocycles. The van der Waals surface area contributed by atoms with Crippen LogP contribution in [0.3, 0.4) is 0 Å². The molecule has 190 valence electrons. The van der Waals surface area contributed by atoms with Crippen molar-refractivity contribution in [2.24, 2.45) is 35.0 Å². The molecule has 1 aromatic rings. The molecule has 1 heterocycles. The summed E-state index contributed by atoms with van der Waals surface area (Å²) in [6.45, 7) is 5.43. The van der Waals surface area contributed by atoms with Crippen LogP contribution in [-0.4, -0.2) is 33.0 Å². The van der Waals surface area contributed by atoms with Crippen LogP contribution in [0.25, 0.3) is 0 Å². The fourth-order valence-corrected chi connectivity index (χ4v) is 9.83. The number of carbonyl (C=O) groups is 1. The van der Waals surface area contributed by atoms with Gasteiger partial charge in [-0.05, 0) is 106 Å². The molecule has 0 bridgehead atoms. The van der Waals surface area contributed by atoms with E-state index in [1.807, 2.05) is 13.0 Å². The first-order valence-corrected chi connectivity index (χ1v) is 15.0. The van der Waals surface area contributed by atoms with Crippen LogP contribution in [0.1, 0.15) is 70.3 Å². The molecule has 7 atom stereocenters. The van der Waals surface area contributed by atoms with Crippen LogP contribution in [0.5, 0.6) is 0 Å². The van der Waals surface area contributed by atoms with E-state index >= 15 is 0 Å². The highest BCUT2D eigenvalue weighted by atomic mass is 32.2. The number of aryl methyl sites for hydroxylation is 1. The molecule has 1 aliphatic heterocycles. The summed E-state index contributed by atoms with van der Waals surface area (Å²) in [7, 11) is -3.84. The lowest BCUT2D eigenvalue weighted by molar-refractivity contribution is -0.131. The van der Waals surface area contributed by atoms with Crippen LogP contribution in [0.2, 0.25) is 0 Å².